The van der Waals surface area contributed by atoms with Crippen molar-refractivity contribution in [2.45, 2.75) is 32.5 Å². The van der Waals surface area contributed by atoms with Gasteiger partial charge in [-0.05, 0) is 32.9 Å². The molecule has 1 fully saturated rings. The van der Waals surface area contributed by atoms with Crippen LogP contribution in [0.2, 0.25) is 0 Å². The molecule has 18 heavy (non-hydrogen) atoms. The number of carbonyl (C=O) groups is 1. The Kier molecular flexibility index (Phi) is 3.34. The van der Waals surface area contributed by atoms with Crippen LogP contribution in [0.5, 0.6) is 0 Å². The lowest BCUT2D eigenvalue weighted by atomic mass is 10.1. The highest BCUT2D eigenvalue weighted by molar-refractivity contribution is 5.92. The molecule has 1 aliphatic rings. The summed E-state index contributed by atoms with van der Waals surface area (Å²) < 4.78 is 18.7. The molecule has 1 atom stereocenters. The minimum Gasteiger partial charge on any atom is -0.369 e. The summed E-state index contributed by atoms with van der Waals surface area (Å²) >= 11 is 0. The number of nitrogens with zero attached hydrogens (tertiary/aromatic N) is 2. The van der Waals surface area contributed by atoms with E-state index in [0.29, 0.717) is 13.1 Å². The standard InChI is InChI=1S/C13H17FN2O2/c1-9-7-16(8-13(2,3)18-9)12(17)10-5-4-6-11(14)15-10/h4-6,9H,7-8H2,1-3H3. The molecule has 1 unspecified atom stereocenters. The van der Waals surface area contributed by atoms with Crippen molar-refractivity contribution in [3.8, 4) is 0 Å². The number of hydrogen-bond acceptors (Lipinski definition) is 3. The van der Waals surface area contributed by atoms with Gasteiger partial charge in [0, 0.05) is 13.1 Å². The third-order valence-corrected chi connectivity index (χ3v) is 2.79. The molecule has 0 saturated carbocycles. The maximum atomic E-state index is 13.0. The van der Waals surface area contributed by atoms with Crippen molar-refractivity contribution >= 4 is 5.91 Å². The van der Waals surface area contributed by atoms with Gasteiger partial charge in [-0.1, -0.05) is 6.07 Å². The maximum Gasteiger partial charge on any atom is 0.272 e. The molecule has 0 aliphatic carbocycles. The second-order valence-electron chi connectivity index (χ2n) is 5.22. The molecule has 1 saturated heterocycles. The predicted octanol–water partition coefficient (Wildman–Crippen LogP) is 1.86. The van der Waals surface area contributed by atoms with Crippen LogP contribution in [0.1, 0.15) is 31.3 Å². The molecular formula is C13H17FN2O2. The Hall–Kier alpha value is -1.49. The number of morpholine rings is 1. The number of rotatable bonds is 1. The van der Waals surface area contributed by atoms with Gasteiger partial charge in [0.2, 0.25) is 5.95 Å². The zero-order valence-corrected chi connectivity index (χ0v) is 10.8. The summed E-state index contributed by atoms with van der Waals surface area (Å²) in [6, 6.07) is 4.24. The minimum absolute atomic E-state index is 0.0359. The molecular weight excluding hydrogens is 235 g/mol. The molecule has 0 radical (unpaired) electrons. The quantitative estimate of drug-likeness (QED) is 0.716. The maximum absolute atomic E-state index is 13.0. The van der Waals surface area contributed by atoms with E-state index in [1.807, 2.05) is 20.8 Å². The number of hydrogen-bond donors (Lipinski definition) is 0. The Morgan fingerprint density at radius 2 is 2.28 bits per heavy atom. The van der Waals surface area contributed by atoms with Crippen molar-refractivity contribution in [3.63, 3.8) is 0 Å². The lowest BCUT2D eigenvalue weighted by Crippen LogP contribution is -2.53. The first-order valence-corrected chi connectivity index (χ1v) is 5.97. The van der Waals surface area contributed by atoms with E-state index >= 15 is 0 Å². The second kappa shape index (κ2) is 4.65. The van der Waals surface area contributed by atoms with Gasteiger partial charge in [0.15, 0.2) is 0 Å². The Bertz CT molecular complexity index is 462. The van der Waals surface area contributed by atoms with Crippen molar-refractivity contribution in [2.24, 2.45) is 0 Å². The summed E-state index contributed by atoms with van der Waals surface area (Å²) in [5.74, 6) is -0.890. The van der Waals surface area contributed by atoms with Gasteiger partial charge in [-0.2, -0.15) is 4.39 Å². The van der Waals surface area contributed by atoms with Gasteiger partial charge < -0.3 is 9.64 Å². The Labute approximate surface area is 106 Å². The fraction of sp³-hybridized carbons (Fsp3) is 0.538. The number of halogens is 1. The molecule has 1 aromatic heterocycles. The van der Waals surface area contributed by atoms with E-state index in [0.717, 1.165) is 0 Å². The van der Waals surface area contributed by atoms with Crippen molar-refractivity contribution < 1.29 is 13.9 Å². The first-order chi connectivity index (χ1) is 8.37. The summed E-state index contributed by atoms with van der Waals surface area (Å²) in [6.07, 6.45) is -0.0359. The second-order valence-corrected chi connectivity index (χ2v) is 5.22. The zero-order valence-electron chi connectivity index (χ0n) is 10.8. The van der Waals surface area contributed by atoms with E-state index in [2.05, 4.69) is 4.98 Å². The number of aromatic nitrogens is 1. The molecule has 0 N–H and O–H groups in total. The minimum atomic E-state index is -0.638. The van der Waals surface area contributed by atoms with Crippen molar-refractivity contribution in [1.82, 2.24) is 9.88 Å². The lowest BCUT2D eigenvalue weighted by molar-refractivity contribution is -0.118. The predicted molar refractivity (Wildman–Crippen MR) is 64.7 cm³/mol. The molecule has 2 rings (SSSR count). The van der Waals surface area contributed by atoms with Crippen LogP contribution in [0, 0.1) is 5.95 Å². The summed E-state index contributed by atoms with van der Waals surface area (Å²) in [4.78, 5) is 17.5. The van der Waals surface area contributed by atoms with Crippen molar-refractivity contribution in [2.75, 3.05) is 13.1 Å². The first kappa shape index (κ1) is 13.0. The van der Waals surface area contributed by atoms with Gasteiger partial charge >= 0.3 is 0 Å². The molecule has 0 spiro atoms. The van der Waals surface area contributed by atoms with Crippen LogP contribution in [-0.2, 0) is 4.74 Å². The average molecular weight is 252 g/mol. The molecule has 0 aromatic carbocycles. The molecule has 98 valence electrons. The summed E-state index contributed by atoms with van der Waals surface area (Å²) in [5.41, 5.74) is -0.249. The van der Waals surface area contributed by atoms with E-state index in [-0.39, 0.29) is 23.3 Å². The smallest absolute Gasteiger partial charge is 0.272 e. The molecule has 1 amide bonds. The van der Waals surface area contributed by atoms with Gasteiger partial charge in [0.25, 0.3) is 5.91 Å². The summed E-state index contributed by atoms with van der Waals surface area (Å²) in [5, 5.41) is 0. The molecule has 5 heteroatoms. The topological polar surface area (TPSA) is 42.4 Å². The van der Waals surface area contributed by atoms with Gasteiger partial charge in [0.1, 0.15) is 5.69 Å². The fourth-order valence-electron chi connectivity index (χ4n) is 2.30. The molecule has 2 heterocycles. The fourth-order valence-corrected chi connectivity index (χ4v) is 2.30. The number of pyridine rings is 1. The van der Waals surface area contributed by atoms with Crippen molar-refractivity contribution in [3.05, 3.63) is 29.8 Å². The van der Waals surface area contributed by atoms with Crippen molar-refractivity contribution in [1.29, 1.82) is 0 Å². The third-order valence-electron chi connectivity index (χ3n) is 2.79. The van der Waals surface area contributed by atoms with E-state index in [1.54, 1.807) is 4.90 Å². The number of amides is 1. The monoisotopic (exact) mass is 252 g/mol. The van der Waals surface area contributed by atoms with E-state index in [1.165, 1.54) is 18.2 Å². The van der Waals surface area contributed by atoms with Crippen LogP contribution in [0.25, 0.3) is 0 Å². The third kappa shape index (κ3) is 2.85. The highest BCUT2D eigenvalue weighted by Crippen LogP contribution is 2.21. The number of ether oxygens (including phenoxy) is 1. The molecule has 1 aliphatic heterocycles. The highest BCUT2D eigenvalue weighted by atomic mass is 19.1. The normalized spacial score (nSPS) is 22.9. The largest absolute Gasteiger partial charge is 0.369 e. The average Bonchev–Trinajstić information content (AvgIpc) is 2.25. The zero-order chi connectivity index (χ0) is 13.3. The van der Waals surface area contributed by atoms with Crippen LogP contribution < -0.4 is 0 Å². The highest BCUT2D eigenvalue weighted by Gasteiger charge is 2.34. The van der Waals surface area contributed by atoms with Gasteiger partial charge in [-0.25, -0.2) is 4.98 Å². The summed E-state index contributed by atoms with van der Waals surface area (Å²) in [7, 11) is 0. The van der Waals surface area contributed by atoms with E-state index in [4.69, 9.17) is 4.74 Å². The van der Waals surface area contributed by atoms with Gasteiger partial charge in [-0.15, -0.1) is 0 Å². The Morgan fingerprint density at radius 3 is 2.89 bits per heavy atom. The number of carbonyl (C=O) groups excluding carboxylic acids is 1. The van der Waals surface area contributed by atoms with Crippen LogP contribution in [0.3, 0.4) is 0 Å². The van der Waals surface area contributed by atoms with Gasteiger partial charge in [0.05, 0.1) is 11.7 Å². The van der Waals surface area contributed by atoms with E-state index < -0.39 is 5.95 Å². The molecule has 4 nitrogen and oxygen atoms in total. The summed E-state index contributed by atoms with van der Waals surface area (Å²) in [6.45, 7) is 6.76. The molecule has 0 bridgehead atoms. The lowest BCUT2D eigenvalue weighted by Gasteiger charge is -2.41. The first-order valence-electron chi connectivity index (χ1n) is 5.97. The van der Waals surface area contributed by atoms with Crippen LogP contribution in [0.4, 0.5) is 4.39 Å². The van der Waals surface area contributed by atoms with E-state index in [9.17, 15) is 9.18 Å². The van der Waals surface area contributed by atoms with Gasteiger partial charge in [-0.3, -0.25) is 4.79 Å². The van der Waals surface area contributed by atoms with Crippen LogP contribution in [0.15, 0.2) is 18.2 Å². The van der Waals surface area contributed by atoms with Crippen LogP contribution >= 0.6 is 0 Å². The SMILES string of the molecule is CC1CN(C(=O)c2cccc(F)n2)CC(C)(C)O1. The Balaban J connectivity index is 2.18. The Morgan fingerprint density at radius 1 is 1.56 bits per heavy atom. The molecule has 1 aromatic rings. The van der Waals surface area contributed by atoms with Crippen LogP contribution in [-0.4, -0.2) is 40.6 Å².